The van der Waals surface area contributed by atoms with Crippen molar-refractivity contribution in [1.29, 1.82) is 0 Å². The van der Waals surface area contributed by atoms with E-state index in [1.54, 1.807) is 0 Å². The first-order valence-corrected chi connectivity index (χ1v) is 3.73. The van der Waals surface area contributed by atoms with Gasteiger partial charge in [-0.3, -0.25) is 4.79 Å². The minimum atomic E-state index is -5.79. The lowest BCUT2D eigenvalue weighted by Crippen LogP contribution is -2.35. The Balaban J connectivity index is 3.11. The van der Waals surface area contributed by atoms with E-state index in [0.29, 0.717) is 12.4 Å². The SMILES string of the molecule is NC(=O)c1cnc(C(F)(F)C(F)(F)F)nc1. The largest absolute Gasteiger partial charge is 0.461 e. The Morgan fingerprint density at radius 3 is 1.88 bits per heavy atom. The number of primary amides is 1. The molecule has 0 radical (unpaired) electrons. The third-order valence-electron chi connectivity index (χ3n) is 1.57. The summed E-state index contributed by atoms with van der Waals surface area (Å²) in [7, 11) is 0. The summed E-state index contributed by atoms with van der Waals surface area (Å²) in [6.07, 6.45) is -4.78. The van der Waals surface area contributed by atoms with Crippen molar-refractivity contribution in [2.75, 3.05) is 0 Å². The maximum atomic E-state index is 12.6. The molecule has 1 aromatic rings. The molecule has 0 fully saturated rings. The molecule has 1 amide bonds. The van der Waals surface area contributed by atoms with Crippen molar-refractivity contribution >= 4 is 5.91 Å². The number of hydrogen-bond acceptors (Lipinski definition) is 3. The highest BCUT2D eigenvalue weighted by molar-refractivity contribution is 5.92. The zero-order chi connectivity index (χ0) is 12.6. The molecule has 0 unspecified atom stereocenters. The predicted molar refractivity (Wildman–Crippen MR) is 40.5 cm³/mol. The normalized spacial score (nSPS) is 12.6. The van der Waals surface area contributed by atoms with Gasteiger partial charge in [0.1, 0.15) is 0 Å². The van der Waals surface area contributed by atoms with Crippen molar-refractivity contribution in [1.82, 2.24) is 9.97 Å². The topological polar surface area (TPSA) is 68.9 Å². The third-order valence-corrected chi connectivity index (χ3v) is 1.57. The average Bonchev–Trinajstić information content (AvgIpc) is 2.16. The Hall–Kier alpha value is -1.80. The van der Waals surface area contributed by atoms with Crippen LogP contribution in [0.4, 0.5) is 22.0 Å². The Morgan fingerprint density at radius 1 is 1.12 bits per heavy atom. The van der Waals surface area contributed by atoms with E-state index in [-0.39, 0.29) is 5.56 Å². The molecule has 1 rings (SSSR count). The van der Waals surface area contributed by atoms with Gasteiger partial charge in [-0.2, -0.15) is 22.0 Å². The van der Waals surface area contributed by atoms with Gasteiger partial charge in [0.15, 0.2) is 0 Å². The lowest BCUT2D eigenvalue weighted by molar-refractivity contribution is -0.292. The first kappa shape index (κ1) is 12.3. The van der Waals surface area contributed by atoms with Crippen molar-refractivity contribution < 1.29 is 26.7 Å². The molecule has 0 aliphatic carbocycles. The average molecular weight is 241 g/mol. The summed E-state index contributed by atoms with van der Waals surface area (Å²) in [6.45, 7) is 0. The van der Waals surface area contributed by atoms with Gasteiger partial charge in [0, 0.05) is 12.4 Å². The molecule has 9 heteroatoms. The molecule has 0 aliphatic heterocycles. The van der Waals surface area contributed by atoms with E-state index in [4.69, 9.17) is 5.73 Å². The molecule has 2 N–H and O–H groups in total. The maximum Gasteiger partial charge on any atom is 0.461 e. The van der Waals surface area contributed by atoms with E-state index in [9.17, 15) is 26.7 Å². The molecule has 0 bridgehead atoms. The van der Waals surface area contributed by atoms with E-state index in [1.807, 2.05) is 0 Å². The maximum absolute atomic E-state index is 12.6. The quantitative estimate of drug-likeness (QED) is 0.791. The smallest absolute Gasteiger partial charge is 0.366 e. The molecule has 0 saturated carbocycles. The Morgan fingerprint density at radius 2 is 1.56 bits per heavy atom. The molecule has 0 aliphatic rings. The number of nitrogens with two attached hydrogens (primary N) is 1. The molecule has 1 aromatic heterocycles. The van der Waals surface area contributed by atoms with Gasteiger partial charge in [-0.25, -0.2) is 9.97 Å². The van der Waals surface area contributed by atoms with Crippen molar-refractivity contribution in [3.8, 4) is 0 Å². The fraction of sp³-hybridized carbons (Fsp3) is 0.286. The Labute approximate surface area is 85.3 Å². The van der Waals surface area contributed by atoms with Gasteiger partial charge in [-0.15, -0.1) is 0 Å². The van der Waals surface area contributed by atoms with Gasteiger partial charge in [-0.05, 0) is 0 Å². The minimum Gasteiger partial charge on any atom is -0.366 e. The van der Waals surface area contributed by atoms with E-state index in [1.165, 1.54) is 0 Å². The second kappa shape index (κ2) is 3.65. The minimum absolute atomic E-state index is 0.360. The van der Waals surface area contributed by atoms with Crippen LogP contribution in [0.1, 0.15) is 16.2 Å². The number of carbonyl (C=O) groups excluding carboxylic acids is 1. The zero-order valence-electron chi connectivity index (χ0n) is 7.42. The number of aromatic nitrogens is 2. The molecule has 0 saturated heterocycles. The molecule has 0 aromatic carbocycles. The molecule has 1 heterocycles. The highest BCUT2D eigenvalue weighted by atomic mass is 19.4. The van der Waals surface area contributed by atoms with Gasteiger partial charge in [0.05, 0.1) is 5.56 Å². The van der Waals surface area contributed by atoms with Crippen molar-refractivity contribution in [3.05, 3.63) is 23.8 Å². The summed E-state index contributed by atoms with van der Waals surface area (Å²) in [5, 5.41) is 0. The van der Waals surface area contributed by atoms with Gasteiger partial charge in [0.25, 0.3) is 5.91 Å². The van der Waals surface area contributed by atoms with E-state index in [2.05, 4.69) is 9.97 Å². The number of amides is 1. The summed E-state index contributed by atoms with van der Waals surface area (Å²) in [5.41, 5.74) is 4.37. The standard InChI is InChI=1S/C7H4F5N3O/c8-6(9,7(10,11)12)5-14-1-3(2-15-5)4(13)16/h1-2H,(H2,13,16). The van der Waals surface area contributed by atoms with Crippen LogP contribution in [-0.2, 0) is 5.92 Å². The van der Waals surface area contributed by atoms with Crippen LogP contribution in [0.25, 0.3) is 0 Å². The summed E-state index contributed by atoms with van der Waals surface area (Å²) in [4.78, 5) is 16.0. The van der Waals surface area contributed by atoms with Crippen molar-refractivity contribution in [2.45, 2.75) is 12.1 Å². The second-order valence-electron chi connectivity index (χ2n) is 2.73. The molecular weight excluding hydrogens is 237 g/mol. The fourth-order valence-corrected chi connectivity index (χ4v) is 0.744. The van der Waals surface area contributed by atoms with Crippen LogP contribution < -0.4 is 5.73 Å². The molecule has 4 nitrogen and oxygen atoms in total. The summed E-state index contributed by atoms with van der Waals surface area (Å²) >= 11 is 0. The lowest BCUT2D eigenvalue weighted by Gasteiger charge is -2.17. The van der Waals surface area contributed by atoms with Gasteiger partial charge < -0.3 is 5.73 Å². The van der Waals surface area contributed by atoms with Gasteiger partial charge in [0.2, 0.25) is 5.82 Å². The van der Waals surface area contributed by atoms with Crippen LogP contribution >= 0.6 is 0 Å². The monoisotopic (exact) mass is 241 g/mol. The van der Waals surface area contributed by atoms with Gasteiger partial charge >= 0.3 is 12.1 Å². The number of carbonyl (C=O) groups is 1. The Kier molecular flexibility index (Phi) is 2.80. The van der Waals surface area contributed by atoms with Crippen LogP contribution in [0.15, 0.2) is 12.4 Å². The molecular formula is C7H4F5N3O. The molecule has 0 spiro atoms. The number of nitrogens with zero attached hydrogens (tertiary/aromatic N) is 2. The van der Waals surface area contributed by atoms with Crippen molar-refractivity contribution in [3.63, 3.8) is 0 Å². The fourth-order valence-electron chi connectivity index (χ4n) is 0.744. The van der Waals surface area contributed by atoms with Crippen LogP contribution in [0.2, 0.25) is 0 Å². The number of halogens is 5. The van der Waals surface area contributed by atoms with Crippen LogP contribution in [0.3, 0.4) is 0 Å². The number of alkyl halides is 5. The third kappa shape index (κ3) is 2.07. The lowest BCUT2D eigenvalue weighted by atomic mass is 10.3. The summed E-state index contributed by atoms with van der Waals surface area (Å²) in [6, 6.07) is 0. The molecule has 16 heavy (non-hydrogen) atoms. The number of hydrogen-bond donors (Lipinski definition) is 1. The summed E-state index contributed by atoms with van der Waals surface area (Å²) in [5.74, 6) is -7.92. The van der Waals surface area contributed by atoms with E-state index in [0.717, 1.165) is 0 Å². The van der Waals surface area contributed by atoms with E-state index < -0.39 is 23.8 Å². The Bertz CT molecular complexity index is 399. The van der Waals surface area contributed by atoms with E-state index >= 15 is 0 Å². The van der Waals surface area contributed by atoms with Crippen LogP contribution in [0.5, 0.6) is 0 Å². The van der Waals surface area contributed by atoms with Crippen LogP contribution in [-0.4, -0.2) is 22.1 Å². The summed E-state index contributed by atoms with van der Waals surface area (Å²) < 4.78 is 60.8. The predicted octanol–water partition coefficient (Wildman–Crippen LogP) is 1.23. The molecule has 88 valence electrons. The van der Waals surface area contributed by atoms with Gasteiger partial charge in [-0.1, -0.05) is 0 Å². The second-order valence-corrected chi connectivity index (χ2v) is 2.73. The highest BCUT2D eigenvalue weighted by Crippen LogP contribution is 2.41. The van der Waals surface area contributed by atoms with Crippen molar-refractivity contribution in [2.24, 2.45) is 5.73 Å². The highest BCUT2D eigenvalue weighted by Gasteiger charge is 2.61. The molecule has 0 atom stereocenters. The number of rotatable bonds is 2. The zero-order valence-corrected chi connectivity index (χ0v) is 7.42. The first-order valence-electron chi connectivity index (χ1n) is 3.73. The van der Waals surface area contributed by atoms with Crippen LogP contribution in [0, 0.1) is 0 Å². The first-order chi connectivity index (χ1) is 7.16.